The van der Waals surface area contributed by atoms with Crippen LogP contribution in [0.3, 0.4) is 0 Å². The number of ether oxygens (including phenoxy) is 2. The van der Waals surface area contributed by atoms with Gasteiger partial charge in [-0.2, -0.15) is 23.1 Å². The zero-order valence-electron chi connectivity index (χ0n) is 25.7. The summed E-state index contributed by atoms with van der Waals surface area (Å²) in [5, 5.41) is 3.79. The lowest BCUT2D eigenvalue weighted by Crippen LogP contribution is -2.62. The zero-order chi connectivity index (χ0) is 32.3. The van der Waals surface area contributed by atoms with E-state index in [2.05, 4.69) is 30.1 Å². The van der Waals surface area contributed by atoms with E-state index in [9.17, 15) is 17.6 Å². The zero-order valence-corrected chi connectivity index (χ0v) is 25.7. The predicted octanol–water partition coefficient (Wildman–Crippen LogP) is 4.49. The van der Waals surface area contributed by atoms with Crippen LogP contribution in [0.15, 0.2) is 0 Å². The van der Waals surface area contributed by atoms with Gasteiger partial charge < -0.3 is 25.4 Å². The van der Waals surface area contributed by atoms with Crippen molar-refractivity contribution in [3.8, 4) is 23.1 Å². The third-order valence-corrected chi connectivity index (χ3v) is 10.6. The average molecular weight is 647 g/mol. The summed E-state index contributed by atoms with van der Waals surface area (Å²) in [6.45, 7) is 6.15. The van der Waals surface area contributed by atoms with Crippen molar-refractivity contribution in [3.63, 3.8) is 0 Å². The van der Waals surface area contributed by atoms with Crippen LogP contribution in [0.2, 0.25) is 0 Å². The summed E-state index contributed by atoms with van der Waals surface area (Å²) in [6.07, 6.45) is -2.52. The van der Waals surface area contributed by atoms with E-state index in [1.54, 1.807) is 0 Å². The Morgan fingerprint density at radius 2 is 1.93 bits per heavy atom. The van der Waals surface area contributed by atoms with Crippen molar-refractivity contribution in [1.29, 1.82) is 0 Å². The molecule has 0 spiro atoms. The minimum absolute atomic E-state index is 0.0504. The highest BCUT2D eigenvalue weighted by atomic mass is 19.4. The first-order valence-electron chi connectivity index (χ1n) is 15.8. The van der Waals surface area contributed by atoms with Gasteiger partial charge in [-0.3, -0.25) is 4.90 Å². The lowest BCUT2D eigenvalue weighted by atomic mass is 9.95. The molecule has 3 N–H and O–H groups in total. The summed E-state index contributed by atoms with van der Waals surface area (Å²) in [4.78, 5) is 21.8. The van der Waals surface area contributed by atoms with Crippen LogP contribution in [-0.2, 0) is 6.18 Å². The van der Waals surface area contributed by atoms with Crippen LogP contribution in [0.5, 0.6) is 11.9 Å². The van der Waals surface area contributed by atoms with Gasteiger partial charge in [0.05, 0.1) is 22.8 Å². The Morgan fingerprint density at radius 1 is 1.13 bits per heavy atom. The smallest absolute Gasteiger partial charge is 0.418 e. The lowest BCUT2D eigenvalue weighted by molar-refractivity contribution is -0.137. The molecule has 0 amide bonds. The molecule has 246 valence electrons. The Kier molecular flexibility index (Phi) is 6.61. The first-order chi connectivity index (χ1) is 21.8. The predicted molar refractivity (Wildman–Crippen MR) is 159 cm³/mol. The molecule has 8 heterocycles. The molecular weight excluding hydrogens is 611 g/mol. The molecule has 15 heteroatoms. The van der Waals surface area contributed by atoms with E-state index in [0.717, 1.165) is 32.2 Å². The van der Waals surface area contributed by atoms with E-state index in [1.807, 2.05) is 6.92 Å². The second kappa shape index (κ2) is 10.2. The summed E-state index contributed by atoms with van der Waals surface area (Å²) < 4.78 is 87.6. The van der Waals surface area contributed by atoms with Gasteiger partial charge in [0.15, 0.2) is 5.82 Å². The number of rotatable bonds is 4. The van der Waals surface area contributed by atoms with Crippen LogP contribution in [0, 0.1) is 19.7 Å². The second-order valence-corrected chi connectivity index (χ2v) is 13.5. The fraction of sp³-hybridized carbons (Fsp3) is 0.613. The number of pyridine rings is 2. The van der Waals surface area contributed by atoms with Crippen molar-refractivity contribution in [1.82, 2.24) is 30.2 Å². The minimum Gasteiger partial charge on any atom is -0.472 e. The number of piperazine rings is 1. The highest BCUT2D eigenvalue weighted by Gasteiger charge is 2.50. The van der Waals surface area contributed by atoms with E-state index in [-0.39, 0.29) is 58.9 Å². The standard InChI is InChI=1S/C31H35F5N8O2/c1-13-19(21(31(34,35)36)14(2)38-26(13)37)23-22(33)24-20-27(42-29(41-24)45-12-30-7-4-8-43(30)10-16(32)9-30)44-11-17-5-6-18(39-17)25(44)15(3)46-28(20)40-23/h15-18,25,39H,4-12H2,1-3H3,(H2,37,38)/t15-,16+,17+,18-,25+,30-/m0/s1. The van der Waals surface area contributed by atoms with Crippen LogP contribution in [-0.4, -0.2) is 87.0 Å². The van der Waals surface area contributed by atoms with E-state index < -0.39 is 52.3 Å². The van der Waals surface area contributed by atoms with Crippen LogP contribution >= 0.6 is 0 Å². The number of nitrogens with one attached hydrogen (secondary N) is 1. The first kappa shape index (κ1) is 29.8. The maximum absolute atomic E-state index is 16.9. The molecule has 3 aromatic rings. The molecule has 5 aliphatic rings. The Morgan fingerprint density at radius 3 is 2.72 bits per heavy atom. The summed E-state index contributed by atoms with van der Waals surface area (Å²) in [7, 11) is 0. The largest absolute Gasteiger partial charge is 0.472 e. The van der Waals surface area contributed by atoms with Gasteiger partial charge in [0.1, 0.15) is 47.1 Å². The van der Waals surface area contributed by atoms with Gasteiger partial charge in [0.25, 0.3) is 0 Å². The number of hydrogen-bond acceptors (Lipinski definition) is 10. The molecule has 0 saturated carbocycles. The molecule has 4 fully saturated rings. The normalized spacial score (nSPS) is 30.3. The average Bonchev–Trinajstić information content (AvgIpc) is 3.62. The molecule has 0 unspecified atom stereocenters. The summed E-state index contributed by atoms with van der Waals surface area (Å²) in [5.41, 5.74) is 2.53. The third-order valence-electron chi connectivity index (χ3n) is 10.6. The van der Waals surface area contributed by atoms with Crippen molar-refractivity contribution < 1.29 is 31.4 Å². The number of nitrogens with two attached hydrogens (primary N) is 1. The Bertz CT molecular complexity index is 1760. The Hall–Kier alpha value is -3.59. The molecule has 2 bridgehead atoms. The quantitative estimate of drug-likeness (QED) is 0.393. The molecule has 5 aliphatic heterocycles. The van der Waals surface area contributed by atoms with E-state index in [4.69, 9.17) is 20.2 Å². The van der Waals surface area contributed by atoms with Gasteiger partial charge in [-0.05, 0) is 53.0 Å². The number of halogens is 5. The Labute approximate surface area is 261 Å². The molecular formula is C31H35F5N8O2. The summed E-state index contributed by atoms with van der Waals surface area (Å²) >= 11 is 0. The van der Waals surface area contributed by atoms with E-state index in [0.29, 0.717) is 25.3 Å². The number of nitrogens with zero attached hydrogens (tertiary/aromatic N) is 6. The van der Waals surface area contributed by atoms with Gasteiger partial charge in [-0.15, -0.1) is 0 Å². The van der Waals surface area contributed by atoms with Crippen LogP contribution in [0.1, 0.15) is 55.8 Å². The number of aromatic nitrogens is 4. The molecule has 6 atom stereocenters. The SMILES string of the molecule is Cc1nc(N)c(C)c(-c2nc3c4c(nc(OC[C@@]56CCCN5C[C@H](F)C6)nc4c2F)N2C[C@H]4CC[C@H](N4)[C@H]2[C@H](C)O3)c1C(F)(F)F. The number of alkyl halides is 4. The van der Waals surface area contributed by atoms with Crippen molar-refractivity contribution in [3.05, 3.63) is 22.6 Å². The fourth-order valence-corrected chi connectivity index (χ4v) is 8.63. The molecule has 46 heavy (non-hydrogen) atoms. The number of hydrogen-bond donors (Lipinski definition) is 2. The van der Waals surface area contributed by atoms with Crippen LogP contribution in [0.25, 0.3) is 22.2 Å². The maximum Gasteiger partial charge on any atom is 0.418 e. The van der Waals surface area contributed by atoms with Crippen molar-refractivity contribution in [2.45, 2.75) is 95.0 Å². The van der Waals surface area contributed by atoms with Crippen molar-refractivity contribution in [2.75, 3.05) is 36.9 Å². The van der Waals surface area contributed by atoms with E-state index >= 15 is 4.39 Å². The highest BCUT2D eigenvalue weighted by Crippen LogP contribution is 2.48. The number of fused-ring (bicyclic) bond motifs is 6. The molecule has 4 saturated heterocycles. The molecule has 0 radical (unpaired) electrons. The lowest BCUT2D eigenvalue weighted by Gasteiger charge is -2.42. The van der Waals surface area contributed by atoms with Gasteiger partial charge in [-0.25, -0.2) is 18.7 Å². The number of nitrogen functional groups attached to an aromatic ring is 1. The van der Waals surface area contributed by atoms with Gasteiger partial charge in [0.2, 0.25) is 5.88 Å². The summed E-state index contributed by atoms with van der Waals surface area (Å²) in [5.74, 6) is -0.960. The third kappa shape index (κ3) is 4.40. The monoisotopic (exact) mass is 646 g/mol. The molecule has 8 rings (SSSR count). The van der Waals surface area contributed by atoms with Gasteiger partial charge in [-0.1, -0.05) is 0 Å². The fourth-order valence-electron chi connectivity index (χ4n) is 8.63. The van der Waals surface area contributed by atoms with Crippen LogP contribution < -0.4 is 25.4 Å². The highest BCUT2D eigenvalue weighted by molar-refractivity contribution is 5.98. The topological polar surface area (TPSA) is 115 Å². The van der Waals surface area contributed by atoms with Crippen molar-refractivity contribution >= 4 is 22.5 Å². The van der Waals surface area contributed by atoms with Gasteiger partial charge in [0, 0.05) is 42.7 Å². The molecule has 0 aromatic carbocycles. The Balaban J connectivity index is 1.34. The molecule has 0 aliphatic carbocycles. The molecule has 10 nitrogen and oxygen atoms in total. The van der Waals surface area contributed by atoms with Crippen molar-refractivity contribution in [2.24, 2.45) is 0 Å². The summed E-state index contributed by atoms with van der Waals surface area (Å²) in [6, 6.07) is -0.130. The van der Waals surface area contributed by atoms with E-state index in [1.165, 1.54) is 13.8 Å². The molecule has 3 aromatic heterocycles. The second-order valence-electron chi connectivity index (χ2n) is 13.5. The first-order valence-corrected chi connectivity index (χ1v) is 15.8. The van der Waals surface area contributed by atoms with Gasteiger partial charge >= 0.3 is 12.2 Å². The maximum atomic E-state index is 16.9. The number of aryl methyl sites for hydroxylation is 1. The number of anilines is 2. The van der Waals surface area contributed by atoms with Crippen LogP contribution in [0.4, 0.5) is 33.6 Å². The minimum atomic E-state index is -4.88.